The topological polar surface area (TPSA) is 63.6 Å². The molecule has 0 aromatic heterocycles. The first-order valence-corrected chi connectivity index (χ1v) is 11.4. The van der Waals surface area contributed by atoms with Gasteiger partial charge in [-0.2, -0.15) is 8.42 Å². The van der Waals surface area contributed by atoms with Crippen LogP contribution < -0.4 is 0 Å². The quantitative estimate of drug-likeness (QED) is 0.225. The first-order valence-electron chi connectivity index (χ1n) is 9.63. The van der Waals surface area contributed by atoms with Crippen LogP contribution in [0.4, 0.5) is 0 Å². The van der Waals surface area contributed by atoms with E-state index in [2.05, 4.69) is 19.1 Å². The Morgan fingerprint density at radius 1 is 0.917 bits per heavy atom. The summed E-state index contributed by atoms with van der Waals surface area (Å²) in [7, 11) is -3.27. The summed E-state index contributed by atoms with van der Waals surface area (Å²) in [5.74, 6) is 0. The summed E-state index contributed by atoms with van der Waals surface area (Å²) in [4.78, 5) is 0. The molecular weight excluding hydrogens is 324 g/mol. The van der Waals surface area contributed by atoms with Crippen LogP contribution in [0.1, 0.15) is 90.4 Å². The molecule has 0 saturated carbocycles. The number of hydrogen-bond acceptors (Lipinski definition) is 4. The lowest BCUT2D eigenvalue weighted by Crippen LogP contribution is -2.04. The third kappa shape index (κ3) is 19.7. The Hall–Kier alpha value is -0.390. The maximum Gasteiger partial charge on any atom is 0.264 e. The molecule has 0 aromatic rings. The molecule has 0 aliphatic rings. The van der Waals surface area contributed by atoms with Crippen molar-refractivity contribution >= 4 is 10.1 Å². The normalized spacial score (nSPS) is 13.6. The second kappa shape index (κ2) is 16.1. The van der Waals surface area contributed by atoms with Gasteiger partial charge in [0.1, 0.15) is 0 Å². The molecule has 0 radical (unpaired) electrons. The Morgan fingerprint density at radius 3 is 2.21 bits per heavy atom. The van der Waals surface area contributed by atoms with E-state index in [4.69, 9.17) is 4.18 Å². The van der Waals surface area contributed by atoms with Gasteiger partial charge in [-0.05, 0) is 32.1 Å². The van der Waals surface area contributed by atoms with E-state index < -0.39 is 10.1 Å². The van der Waals surface area contributed by atoms with Crippen molar-refractivity contribution in [1.29, 1.82) is 0 Å². The van der Waals surface area contributed by atoms with Crippen LogP contribution in [0.3, 0.4) is 0 Å². The lowest BCUT2D eigenvalue weighted by molar-refractivity contribution is 0.163. The molecule has 0 unspecified atom stereocenters. The molecule has 4 nitrogen and oxygen atoms in total. The van der Waals surface area contributed by atoms with E-state index >= 15 is 0 Å². The van der Waals surface area contributed by atoms with Crippen molar-refractivity contribution < 1.29 is 17.7 Å². The molecule has 0 saturated heterocycles. The lowest BCUT2D eigenvalue weighted by Gasteiger charge is -2.07. The highest BCUT2D eigenvalue weighted by Gasteiger charge is 2.01. The van der Waals surface area contributed by atoms with Crippen LogP contribution in [0, 0.1) is 0 Å². The fourth-order valence-corrected chi connectivity index (χ4v) is 3.00. The van der Waals surface area contributed by atoms with Gasteiger partial charge in [0.2, 0.25) is 0 Å². The SMILES string of the molecule is CCCCCC[C@@H](O)CC=CCCCCCCCCOS(C)(=O)=O. The Bertz CT molecular complexity index is 390. The highest BCUT2D eigenvalue weighted by atomic mass is 32.2. The Kier molecular flexibility index (Phi) is 15.8. The Morgan fingerprint density at radius 2 is 1.54 bits per heavy atom. The third-order valence-corrected chi connectivity index (χ3v) is 4.62. The monoisotopic (exact) mass is 362 g/mol. The zero-order valence-corrected chi connectivity index (χ0v) is 16.5. The number of rotatable bonds is 17. The molecule has 0 fully saturated rings. The fraction of sp³-hybridized carbons (Fsp3) is 0.895. The molecule has 24 heavy (non-hydrogen) atoms. The van der Waals surface area contributed by atoms with Gasteiger partial charge < -0.3 is 5.11 Å². The Labute approximate surface area is 149 Å². The van der Waals surface area contributed by atoms with Crippen LogP contribution in [0.2, 0.25) is 0 Å². The molecular formula is C19H38O4S. The molecule has 1 atom stereocenters. The van der Waals surface area contributed by atoms with Crippen molar-refractivity contribution in [2.24, 2.45) is 0 Å². The van der Waals surface area contributed by atoms with Crippen LogP contribution in [-0.2, 0) is 14.3 Å². The average Bonchev–Trinajstić information content (AvgIpc) is 2.51. The zero-order chi connectivity index (χ0) is 18.1. The van der Waals surface area contributed by atoms with E-state index in [1.807, 2.05) is 0 Å². The molecule has 0 aliphatic carbocycles. The molecule has 0 amide bonds. The number of aliphatic hydroxyl groups is 1. The summed E-state index contributed by atoms with van der Waals surface area (Å²) in [6, 6.07) is 0. The molecule has 0 rings (SSSR count). The largest absolute Gasteiger partial charge is 0.393 e. The summed E-state index contributed by atoms with van der Waals surface area (Å²) in [6.45, 7) is 2.51. The van der Waals surface area contributed by atoms with Gasteiger partial charge in [0.25, 0.3) is 10.1 Å². The standard InChI is InChI=1S/C19H38O4S/c1-3-4-5-13-16-19(20)17-14-11-9-7-6-8-10-12-15-18-23-24(2,21)22/h11,14,19-20H,3-10,12-13,15-18H2,1-2H3/t19-/m1/s1. The van der Waals surface area contributed by atoms with Crippen molar-refractivity contribution in [1.82, 2.24) is 0 Å². The highest BCUT2D eigenvalue weighted by Crippen LogP contribution is 2.10. The molecule has 1 N–H and O–H groups in total. The van der Waals surface area contributed by atoms with Gasteiger partial charge in [0, 0.05) is 0 Å². The Balaban J connectivity index is 3.29. The molecule has 144 valence electrons. The van der Waals surface area contributed by atoms with Crippen molar-refractivity contribution in [2.45, 2.75) is 96.5 Å². The van der Waals surface area contributed by atoms with E-state index in [0.717, 1.165) is 51.2 Å². The average molecular weight is 363 g/mol. The summed E-state index contributed by atoms with van der Waals surface area (Å²) in [6.07, 6.45) is 19.4. The maximum absolute atomic E-state index is 10.8. The van der Waals surface area contributed by atoms with Crippen LogP contribution >= 0.6 is 0 Å². The zero-order valence-electron chi connectivity index (χ0n) is 15.7. The molecule has 5 heteroatoms. The predicted molar refractivity (Wildman–Crippen MR) is 102 cm³/mol. The van der Waals surface area contributed by atoms with Crippen molar-refractivity contribution in [3.05, 3.63) is 12.2 Å². The van der Waals surface area contributed by atoms with Crippen LogP contribution in [-0.4, -0.2) is 32.5 Å². The minimum absolute atomic E-state index is 0.174. The minimum Gasteiger partial charge on any atom is -0.393 e. The molecule has 0 spiro atoms. The van der Waals surface area contributed by atoms with Crippen molar-refractivity contribution in [3.8, 4) is 0 Å². The first kappa shape index (κ1) is 23.6. The number of unbranched alkanes of at least 4 members (excludes halogenated alkanes) is 9. The van der Waals surface area contributed by atoms with E-state index in [-0.39, 0.29) is 6.10 Å². The van der Waals surface area contributed by atoms with E-state index in [1.54, 1.807) is 0 Å². The highest BCUT2D eigenvalue weighted by molar-refractivity contribution is 7.85. The number of hydrogen-bond donors (Lipinski definition) is 1. The fourth-order valence-electron chi connectivity index (χ4n) is 2.58. The van der Waals surface area contributed by atoms with E-state index in [1.165, 1.54) is 38.5 Å². The van der Waals surface area contributed by atoms with Gasteiger partial charge in [0.15, 0.2) is 0 Å². The maximum atomic E-state index is 10.8. The minimum atomic E-state index is -3.27. The smallest absolute Gasteiger partial charge is 0.264 e. The van der Waals surface area contributed by atoms with E-state index in [0.29, 0.717) is 6.61 Å². The summed E-state index contributed by atoms with van der Waals surface area (Å²) < 4.78 is 26.2. The van der Waals surface area contributed by atoms with E-state index in [9.17, 15) is 13.5 Å². The third-order valence-electron chi connectivity index (χ3n) is 4.03. The molecule has 0 heterocycles. The molecule has 0 aliphatic heterocycles. The van der Waals surface area contributed by atoms with Gasteiger partial charge in [-0.15, -0.1) is 0 Å². The van der Waals surface area contributed by atoms with Crippen molar-refractivity contribution in [2.75, 3.05) is 12.9 Å². The van der Waals surface area contributed by atoms with Gasteiger partial charge in [0.05, 0.1) is 19.0 Å². The van der Waals surface area contributed by atoms with Gasteiger partial charge in [-0.3, -0.25) is 4.18 Å². The second-order valence-electron chi connectivity index (χ2n) is 6.65. The number of allylic oxidation sites excluding steroid dienone is 1. The molecule has 0 bridgehead atoms. The van der Waals surface area contributed by atoms with Crippen LogP contribution in [0.25, 0.3) is 0 Å². The second-order valence-corrected chi connectivity index (χ2v) is 8.29. The van der Waals surface area contributed by atoms with Crippen LogP contribution in [0.5, 0.6) is 0 Å². The summed E-state index contributed by atoms with van der Waals surface area (Å²) >= 11 is 0. The predicted octanol–water partition coefficient (Wildman–Crippen LogP) is 4.97. The van der Waals surface area contributed by atoms with Gasteiger partial charge in [-0.1, -0.05) is 70.4 Å². The summed E-state index contributed by atoms with van der Waals surface area (Å²) in [5.41, 5.74) is 0. The summed E-state index contributed by atoms with van der Waals surface area (Å²) in [5, 5.41) is 9.84. The number of aliphatic hydroxyl groups excluding tert-OH is 1. The van der Waals surface area contributed by atoms with Crippen LogP contribution in [0.15, 0.2) is 12.2 Å². The van der Waals surface area contributed by atoms with Gasteiger partial charge in [-0.25, -0.2) is 0 Å². The first-order chi connectivity index (χ1) is 11.5. The van der Waals surface area contributed by atoms with Gasteiger partial charge >= 0.3 is 0 Å². The molecule has 0 aromatic carbocycles. The lowest BCUT2D eigenvalue weighted by atomic mass is 10.1. The van der Waals surface area contributed by atoms with Crippen molar-refractivity contribution in [3.63, 3.8) is 0 Å².